The maximum atomic E-state index is 5.53. The number of hydrogen-bond acceptors (Lipinski definition) is 4. The van der Waals surface area contributed by atoms with Crippen molar-refractivity contribution < 1.29 is 9.47 Å². The van der Waals surface area contributed by atoms with E-state index in [9.17, 15) is 0 Å². The van der Waals surface area contributed by atoms with Crippen molar-refractivity contribution in [1.82, 2.24) is 10.3 Å². The lowest BCUT2D eigenvalue weighted by molar-refractivity contribution is 0.0806. The van der Waals surface area contributed by atoms with Crippen molar-refractivity contribution in [3.8, 4) is 5.88 Å². The van der Waals surface area contributed by atoms with Gasteiger partial charge in [-0.3, -0.25) is 0 Å². The van der Waals surface area contributed by atoms with Gasteiger partial charge in [-0.05, 0) is 32.3 Å². The van der Waals surface area contributed by atoms with Crippen LogP contribution in [0.25, 0.3) is 0 Å². The summed E-state index contributed by atoms with van der Waals surface area (Å²) in [6, 6.07) is 3.94. The largest absolute Gasteiger partial charge is 0.475 e. The highest BCUT2D eigenvalue weighted by Crippen LogP contribution is 2.09. The fourth-order valence-electron chi connectivity index (χ4n) is 1.49. The van der Waals surface area contributed by atoms with Crippen molar-refractivity contribution in [1.29, 1.82) is 0 Å². The minimum Gasteiger partial charge on any atom is -0.475 e. The summed E-state index contributed by atoms with van der Waals surface area (Å²) in [5.74, 6) is 1.21. The molecule has 0 fully saturated rings. The molecule has 0 aliphatic heterocycles. The van der Waals surface area contributed by atoms with Crippen LogP contribution in [-0.4, -0.2) is 30.3 Å². The molecule has 0 aliphatic carbocycles. The zero-order valence-electron chi connectivity index (χ0n) is 13.4. The van der Waals surface area contributed by atoms with Crippen LogP contribution in [0, 0.1) is 5.92 Å². The molecule has 1 aromatic heterocycles. The van der Waals surface area contributed by atoms with Crippen LogP contribution < -0.4 is 10.1 Å². The van der Waals surface area contributed by atoms with E-state index in [0.29, 0.717) is 25.0 Å². The summed E-state index contributed by atoms with van der Waals surface area (Å²) < 4.78 is 11.0. The van der Waals surface area contributed by atoms with Gasteiger partial charge in [0, 0.05) is 31.0 Å². The monoisotopic (exact) mass is 280 g/mol. The van der Waals surface area contributed by atoms with E-state index in [1.54, 1.807) is 0 Å². The van der Waals surface area contributed by atoms with E-state index in [2.05, 4.69) is 44.9 Å². The van der Waals surface area contributed by atoms with Crippen molar-refractivity contribution in [3.63, 3.8) is 0 Å². The van der Waals surface area contributed by atoms with Gasteiger partial charge in [-0.2, -0.15) is 0 Å². The van der Waals surface area contributed by atoms with Gasteiger partial charge in [0.25, 0.3) is 0 Å². The van der Waals surface area contributed by atoms with E-state index in [4.69, 9.17) is 9.47 Å². The predicted octanol–water partition coefficient (Wildman–Crippen LogP) is 3.02. The third-order valence-electron chi connectivity index (χ3n) is 2.55. The van der Waals surface area contributed by atoms with Gasteiger partial charge in [0.05, 0.1) is 6.61 Å². The van der Waals surface area contributed by atoms with Crippen molar-refractivity contribution in [3.05, 3.63) is 23.9 Å². The molecule has 0 bridgehead atoms. The van der Waals surface area contributed by atoms with Crippen molar-refractivity contribution in [2.45, 2.75) is 46.7 Å². The summed E-state index contributed by atoms with van der Waals surface area (Å²) in [5, 5.41) is 3.43. The number of pyridine rings is 1. The minimum absolute atomic E-state index is 0.114. The standard InChI is InChI=1S/C16H28N2O2/c1-13(2)12-19-8-9-20-15-7-6-14(10-17-15)11-18-16(3,4)5/h6-7,10,13,18H,8-9,11-12H2,1-5H3. The van der Waals surface area contributed by atoms with Gasteiger partial charge < -0.3 is 14.8 Å². The molecule has 0 radical (unpaired) electrons. The lowest BCUT2D eigenvalue weighted by Gasteiger charge is -2.20. The molecule has 114 valence electrons. The Balaban J connectivity index is 2.25. The smallest absolute Gasteiger partial charge is 0.213 e. The summed E-state index contributed by atoms with van der Waals surface area (Å²) in [6.07, 6.45) is 1.85. The summed E-state index contributed by atoms with van der Waals surface area (Å²) in [7, 11) is 0. The first-order valence-corrected chi connectivity index (χ1v) is 7.27. The van der Waals surface area contributed by atoms with Gasteiger partial charge in [-0.25, -0.2) is 4.98 Å². The summed E-state index contributed by atoms with van der Waals surface area (Å²) >= 11 is 0. The number of hydrogen-bond donors (Lipinski definition) is 1. The second kappa shape index (κ2) is 8.22. The van der Waals surface area contributed by atoms with Crippen LogP contribution in [0.5, 0.6) is 5.88 Å². The zero-order valence-corrected chi connectivity index (χ0v) is 13.4. The van der Waals surface area contributed by atoms with Crippen LogP contribution in [-0.2, 0) is 11.3 Å². The first-order chi connectivity index (χ1) is 9.37. The Bertz CT molecular complexity index is 369. The molecule has 0 spiro atoms. The van der Waals surface area contributed by atoms with E-state index in [0.717, 1.165) is 18.7 Å². The van der Waals surface area contributed by atoms with Crippen LogP contribution in [0.4, 0.5) is 0 Å². The number of aromatic nitrogens is 1. The van der Waals surface area contributed by atoms with Gasteiger partial charge in [0.1, 0.15) is 6.61 Å². The minimum atomic E-state index is 0.114. The lowest BCUT2D eigenvalue weighted by atomic mass is 10.1. The Morgan fingerprint density at radius 2 is 1.95 bits per heavy atom. The molecule has 0 amide bonds. The third-order valence-corrected chi connectivity index (χ3v) is 2.55. The topological polar surface area (TPSA) is 43.4 Å². The maximum Gasteiger partial charge on any atom is 0.213 e. The van der Waals surface area contributed by atoms with E-state index in [-0.39, 0.29) is 5.54 Å². The molecule has 4 heteroatoms. The number of nitrogens with zero attached hydrogens (tertiary/aromatic N) is 1. The maximum absolute atomic E-state index is 5.53. The number of nitrogens with one attached hydrogen (secondary N) is 1. The van der Waals surface area contributed by atoms with E-state index in [1.807, 2.05) is 18.3 Å². The van der Waals surface area contributed by atoms with Crippen LogP contribution in [0.1, 0.15) is 40.2 Å². The SMILES string of the molecule is CC(C)COCCOc1ccc(CNC(C)(C)C)cn1. The molecule has 1 heterocycles. The molecule has 0 unspecified atom stereocenters. The zero-order chi connectivity index (χ0) is 15.0. The number of ether oxygens (including phenoxy) is 2. The van der Waals surface area contributed by atoms with Gasteiger partial charge in [0.15, 0.2) is 0 Å². The third kappa shape index (κ3) is 8.12. The van der Waals surface area contributed by atoms with Crippen molar-refractivity contribution >= 4 is 0 Å². The van der Waals surface area contributed by atoms with Crippen LogP contribution in [0.3, 0.4) is 0 Å². The van der Waals surface area contributed by atoms with Gasteiger partial charge in [-0.1, -0.05) is 19.9 Å². The van der Waals surface area contributed by atoms with Gasteiger partial charge >= 0.3 is 0 Å². The van der Waals surface area contributed by atoms with E-state index in [1.165, 1.54) is 0 Å². The molecule has 0 saturated carbocycles. The van der Waals surface area contributed by atoms with Gasteiger partial charge in [-0.15, -0.1) is 0 Å². The van der Waals surface area contributed by atoms with E-state index < -0.39 is 0 Å². The molecule has 0 aliphatic rings. The molecular weight excluding hydrogens is 252 g/mol. The van der Waals surface area contributed by atoms with Crippen molar-refractivity contribution in [2.24, 2.45) is 5.92 Å². The summed E-state index contributed by atoms with van der Waals surface area (Å²) in [6.45, 7) is 13.4. The summed E-state index contributed by atoms with van der Waals surface area (Å²) in [4.78, 5) is 4.29. The Labute approximate surface area is 122 Å². The molecule has 1 N–H and O–H groups in total. The first kappa shape index (κ1) is 16.9. The van der Waals surface area contributed by atoms with Crippen LogP contribution in [0.15, 0.2) is 18.3 Å². The van der Waals surface area contributed by atoms with Crippen molar-refractivity contribution in [2.75, 3.05) is 19.8 Å². The molecular formula is C16H28N2O2. The normalized spacial score (nSPS) is 11.9. The Morgan fingerprint density at radius 1 is 1.20 bits per heavy atom. The molecule has 1 rings (SSSR count). The average molecular weight is 280 g/mol. The quantitative estimate of drug-likeness (QED) is 0.743. The van der Waals surface area contributed by atoms with Gasteiger partial charge in [0.2, 0.25) is 5.88 Å². The fourth-order valence-corrected chi connectivity index (χ4v) is 1.49. The highest BCUT2D eigenvalue weighted by molar-refractivity contribution is 5.17. The number of rotatable bonds is 8. The van der Waals surface area contributed by atoms with E-state index >= 15 is 0 Å². The molecule has 0 saturated heterocycles. The Morgan fingerprint density at radius 3 is 2.50 bits per heavy atom. The lowest BCUT2D eigenvalue weighted by Crippen LogP contribution is -2.35. The average Bonchev–Trinajstić information content (AvgIpc) is 2.36. The second-order valence-corrected chi connectivity index (χ2v) is 6.43. The molecule has 4 nitrogen and oxygen atoms in total. The molecule has 0 aromatic carbocycles. The summed E-state index contributed by atoms with van der Waals surface area (Å²) in [5.41, 5.74) is 1.27. The molecule has 20 heavy (non-hydrogen) atoms. The Kier molecular flexibility index (Phi) is 6.96. The highest BCUT2D eigenvalue weighted by Gasteiger charge is 2.08. The predicted molar refractivity (Wildman–Crippen MR) is 82.0 cm³/mol. The fraction of sp³-hybridized carbons (Fsp3) is 0.688. The highest BCUT2D eigenvalue weighted by atomic mass is 16.5. The first-order valence-electron chi connectivity index (χ1n) is 7.27. The Hall–Kier alpha value is -1.13. The van der Waals surface area contributed by atoms with Crippen LogP contribution >= 0.6 is 0 Å². The molecule has 1 aromatic rings. The second-order valence-electron chi connectivity index (χ2n) is 6.43. The van der Waals surface area contributed by atoms with Crippen LogP contribution in [0.2, 0.25) is 0 Å². The molecule has 0 atom stereocenters.